The van der Waals surface area contributed by atoms with Crippen LogP contribution in [0.1, 0.15) is 57.4 Å². The van der Waals surface area contributed by atoms with Crippen molar-refractivity contribution in [2.75, 3.05) is 7.11 Å². The summed E-state index contributed by atoms with van der Waals surface area (Å²) in [4.78, 5) is 12.4. The molecule has 2 rings (SSSR count). The number of nitrogens with one attached hydrogen (secondary N) is 1. The van der Waals surface area contributed by atoms with Crippen molar-refractivity contribution in [1.29, 1.82) is 0 Å². The van der Waals surface area contributed by atoms with Crippen molar-refractivity contribution in [2.24, 2.45) is 0 Å². The number of rotatable bonds is 5. The van der Waals surface area contributed by atoms with Crippen molar-refractivity contribution in [3.05, 3.63) is 29.8 Å². The van der Waals surface area contributed by atoms with E-state index in [1.165, 1.54) is 7.11 Å². The first-order chi connectivity index (χ1) is 10.8. The summed E-state index contributed by atoms with van der Waals surface area (Å²) in [5.74, 6) is -0.168. The highest BCUT2D eigenvalue weighted by molar-refractivity contribution is 7.89. The van der Waals surface area contributed by atoms with E-state index < -0.39 is 21.5 Å². The van der Waals surface area contributed by atoms with Gasteiger partial charge in [0.2, 0.25) is 10.0 Å². The van der Waals surface area contributed by atoms with Crippen LogP contribution in [-0.4, -0.2) is 27.0 Å². The Labute approximate surface area is 138 Å². The van der Waals surface area contributed by atoms with Gasteiger partial charge in [0, 0.05) is 0 Å². The quantitative estimate of drug-likeness (QED) is 0.837. The number of ether oxygens (including phenoxy) is 1. The van der Waals surface area contributed by atoms with Crippen LogP contribution >= 0.6 is 0 Å². The molecule has 1 saturated carbocycles. The third-order valence-electron chi connectivity index (χ3n) is 4.47. The monoisotopic (exact) mass is 339 g/mol. The van der Waals surface area contributed by atoms with Gasteiger partial charge in [-0.25, -0.2) is 8.42 Å². The molecular formula is C17H25NO4S. The molecule has 1 aromatic carbocycles. The predicted molar refractivity (Wildman–Crippen MR) is 88.7 cm³/mol. The molecule has 0 spiro atoms. The van der Waals surface area contributed by atoms with Crippen molar-refractivity contribution in [3.63, 3.8) is 0 Å². The van der Waals surface area contributed by atoms with Crippen molar-refractivity contribution >= 4 is 16.0 Å². The normalized spacial score (nSPS) is 17.9. The number of carbonyl (C=O) groups excluding carboxylic acids is 1. The first-order valence-corrected chi connectivity index (χ1v) is 9.51. The number of benzene rings is 1. The van der Waals surface area contributed by atoms with Crippen LogP contribution in [0, 0.1) is 0 Å². The van der Waals surface area contributed by atoms with Crippen molar-refractivity contribution in [1.82, 2.24) is 4.72 Å². The summed E-state index contributed by atoms with van der Waals surface area (Å²) < 4.78 is 32.9. The van der Waals surface area contributed by atoms with E-state index in [2.05, 4.69) is 18.6 Å². The third-order valence-corrected chi connectivity index (χ3v) is 6.02. The summed E-state index contributed by atoms with van der Waals surface area (Å²) in [5.41, 5.74) is -0.0629. The summed E-state index contributed by atoms with van der Waals surface area (Å²) in [5, 5.41) is 0. The van der Waals surface area contributed by atoms with E-state index in [1.807, 2.05) is 12.1 Å². The predicted octanol–water partition coefficient (Wildman–Crippen LogP) is 2.96. The van der Waals surface area contributed by atoms with Crippen molar-refractivity contribution in [3.8, 4) is 0 Å². The van der Waals surface area contributed by atoms with Gasteiger partial charge in [-0.2, -0.15) is 4.72 Å². The molecule has 0 aromatic heterocycles. The highest BCUT2D eigenvalue weighted by Crippen LogP contribution is 2.31. The molecule has 128 valence electrons. The SMILES string of the molecule is COC(=O)C1(NS(=O)(=O)c2ccc(C(C)C)cc2)CCCCC1. The fourth-order valence-electron chi connectivity index (χ4n) is 3.05. The molecule has 1 aliphatic carbocycles. The number of hydrogen-bond donors (Lipinski definition) is 1. The fraction of sp³-hybridized carbons (Fsp3) is 0.588. The van der Waals surface area contributed by atoms with Crippen molar-refractivity contribution < 1.29 is 17.9 Å². The van der Waals surface area contributed by atoms with Gasteiger partial charge in [-0.05, 0) is 36.5 Å². The smallest absolute Gasteiger partial charge is 0.327 e. The highest BCUT2D eigenvalue weighted by Gasteiger charge is 2.44. The van der Waals surface area contributed by atoms with Gasteiger partial charge in [0.1, 0.15) is 5.54 Å². The zero-order valence-corrected chi connectivity index (χ0v) is 14.8. The molecule has 0 unspecified atom stereocenters. The Morgan fingerprint density at radius 2 is 1.70 bits per heavy atom. The van der Waals surface area contributed by atoms with E-state index in [1.54, 1.807) is 12.1 Å². The number of methoxy groups -OCH3 is 1. The van der Waals surface area contributed by atoms with Gasteiger partial charge in [0.05, 0.1) is 12.0 Å². The van der Waals surface area contributed by atoms with Gasteiger partial charge in [0.15, 0.2) is 0 Å². The minimum Gasteiger partial charge on any atom is -0.468 e. The van der Waals surface area contributed by atoms with E-state index >= 15 is 0 Å². The van der Waals surface area contributed by atoms with Gasteiger partial charge in [0.25, 0.3) is 0 Å². The van der Waals surface area contributed by atoms with E-state index in [4.69, 9.17) is 4.74 Å². The molecule has 23 heavy (non-hydrogen) atoms. The minimum absolute atomic E-state index is 0.177. The van der Waals surface area contributed by atoms with E-state index in [0.717, 1.165) is 24.8 Å². The number of hydrogen-bond acceptors (Lipinski definition) is 4. The Morgan fingerprint density at radius 3 is 2.17 bits per heavy atom. The lowest BCUT2D eigenvalue weighted by molar-refractivity contribution is -0.149. The zero-order valence-electron chi connectivity index (χ0n) is 14.0. The maximum atomic E-state index is 12.7. The van der Waals surface area contributed by atoms with Crippen LogP contribution in [0.3, 0.4) is 0 Å². The standard InChI is InChI=1S/C17H25NO4S/c1-13(2)14-7-9-15(10-8-14)23(20,21)18-17(16(19)22-3)11-5-4-6-12-17/h7-10,13,18H,4-6,11-12H2,1-3H3. The van der Waals surface area contributed by atoms with Crippen molar-refractivity contribution in [2.45, 2.75) is 62.3 Å². The maximum Gasteiger partial charge on any atom is 0.327 e. The molecule has 0 saturated heterocycles. The maximum absolute atomic E-state index is 12.7. The molecule has 0 heterocycles. The Morgan fingerprint density at radius 1 is 1.13 bits per heavy atom. The number of carbonyl (C=O) groups is 1. The van der Waals surface area contributed by atoms with Crippen LogP contribution < -0.4 is 4.72 Å². The summed E-state index contributed by atoms with van der Waals surface area (Å²) >= 11 is 0. The molecule has 0 radical (unpaired) electrons. The molecule has 1 aliphatic rings. The van der Waals surface area contributed by atoms with Crippen LogP contribution in [0.4, 0.5) is 0 Å². The first kappa shape index (κ1) is 17.9. The average Bonchev–Trinajstić information content (AvgIpc) is 2.54. The molecule has 0 amide bonds. The molecule has 1 aromatic rings. The van der Waals surface area contributed by atoms with Crippen LogP contribution in [0.25, 0.3) is 0 Å². The van der Waals surface area contributed by atoms with Crippen LogP contribution in [0.5, 0.6) is 0 Å². The minimum atomic E-state index is -3.77. The molecular weight excluding hydrogens is 314 g/mol. The van der Waals surface area contributed by atoms with Gasteiger partial charge in [-0.1, -0.05) is 45.2 Å². The molecule has 6 heteroatoms. The van der Waals surface area contributed by atoms with Crippen LogP contribution in [-0.2, 0) is 19.6 Å². The Kier molecular flexibility index (Phi) is 5.47. The van der Waals surface area contributed by atoms with E-state index in [9.17, 15) is 13.2 Å². The van der Waals surface area contributed by atoms with E-state index in [-0.39, 0.29) is 4.90 Å². The number of sulfonamides is 1. The topological polar surface area (TPSA) is 72.5 Å². The zero-order chi connectivity index (χ0) is 17.1. The van der Waals surface area contributed by atoms with Gasteiger partial charge >= 0.3 is 5.97 Å². The van der Waals surface area contributed by atoms with Crippen LogP contribution in [0.15, 0.2) is 29.2 Å². The largest absolute Gasteiger partial charge is 0.468 e. The lowest BCUT2D eigenvalue weighted by Crippen LogP contribution is -2.55. The molecule has 0 atom stereocenters. The highest BCUT2D eigenvalue weighted by atomic mass is 32.2. The third kappa shape index (κ3) is 3.93. The second kappa shape index (κ2) is 7.01. The summed E-state index contributed by atoms with van der Waals surface area (Å²) in [6, 6.07) is 6.80. The Balaban J connectivity index is 2.29. The lowest BCUT2D eigenvalue weighted by atomic mass is 9.83. The number of esters is 1. The molecule has 0 bridgehead atoms. The van der Waals surface area contributed by atoms with E-state index in [0.29, 0.717) is 18.8 Å². The van der Waals surface area contributed by atoms with Gasteiger partial charge < -0.3 is 4.74 Å². The summed E-state index contributed by atoms with van der Waals surface area (Å²) in [7, 11) is -2.47. The average molecular weight is 339 g/mol. The summed E-state index contributed by atoms with van der Waals surface area (Å²) in [6.45, 7) is 4.10. The summed E-state index contributed by atoms with van der Waals surface area (Å²) in [6.07, 6.45) is 3.57. The molecule has 1 fully saturated rings. The fourth-order valence-corrected chi connectivity index (χ4v) is 4.46. The van der Waals surface area contributed by atoms with Gasteiger partial charge in [-0.15, -0.1) is 0 Å². The van der Waals surface area contributed by atoms with Crippen LogP contribution in [0.2, 0.25) is 0 Å². The lowest BCUT2D eigenvalue weighted by Gasteiger charge is -2.34. The second-order valence-electron chi connectivity index (χ2n) is 6.46. The molecule has 0 aliphatic heterocycles. The Bertz CT molecular complexity index is 644. The second-order valence-corrected chi connectivity index (χ2v) is 8.15. The van der Waals surface area contributed by atoms with Gasteiger partial charge in [-0.3, -0.25) is 4.79 Å². The molecule has 1 N–H and O–H groups in total. The Hall–Kier alpha value is -1.40. The first-order valence-electron chi connectivity index (χ1n) is 8.03. The molecule has 5 nitrogen and oxygen atoms in total.